The quantitative estimate of drug-likeness (QED) is 0.458. The SMILES string of the molecule is C=CC(=O)N1CC2(CCC2)c2ccc(Nc3nc(Nc4ccc(N5CCN(C)CC5)cc4)ncc3F)cc21. The van der Waals surface area contributed by atoms with Crippen LogP contribution in [0.3, 0.4) is 0 Å². The predicted octanol–water partition coefficient (Wildman–Crippen LogP) is 4.81. The van der Waals surface area contributed by atoms with Gasteiger partial charge in [0.05, 0.1) is 6.20 Å². The van der Waals surface area contributed by atoms with Crippen LogP contribution in [-0.2, 0) is 10.2 Å². The zero-order valence-electron chi connectivity index (χ0n) is 21.6. The van der Waals surface area contributed by atoms with Gasteiger partial charge in [-0.3, -0.25) is 4.79 Å². The van der Waals surface area contributed by atoms with E-state index in [-0.39, 0.29) is 17.1 Å². The highest BCUT2D eigenvalue weighted by molar-refractivity contribution is 6.03. The molecule has 38 heavy (non-hydrogen) atoms. The Labute approximate surface area is 222 Å². The van der Waals surface area contributed by atoms with E-state index in [1.807, 2.05) is 30.3 Å². The Morgan fingerprint density at radius 3 is 2.47 bits per heavy atom. The number of nitrogens with zero attached hydrogens (tertiary/aromatic N) is 5. The van der Waals surface area contributed by atoms with Crippen molar-refractivity contribution >= 4 is 40.4 Å². The summed E-state index contributed by atoms with van der Waals surface area (Å²) in [5, 5.41) is 6.26. The second-order valence-electron chi connectivity index (χ2n) is 10.5. The Balaban J connectivity index is 1.19. The number of amides is 1. The van der Waals surface area contributed by atoms with Crippen molar-refractivity contribution in [2.24, 2.45) is 0 Å². The second kappa shape index (κ2) is 9.72. The fraction of sp³-hybridized carbons (Fsp3) is 0.345. The minimum absolute atomic E-state index is 0.0314. The lowest BCUT2D eigenvalue weighted by molar-refractivity contribution is -0.114. The van der Waals surface area contributed by atoms with Gasteiger partial charge in [0, 0.05) is 60.9 Å². The maximum Gasteiger partial charge on any atom is 0.250 e. The number of piperazine rings is 1. The number of carbonyl (C=O) groups excluding carboxylic acids is 1. The van der Waals surface area contributed by atoms with Crippen LogP contribution < -0.4 is 20.4 Å². The lowest BCUT2D eigenvalue weighted by atomic mass is 9.66. The van der Waals surface area contributed by atoms with Gasteiger partial charge in [0.1, 0.15) is 0 Å². The summed E-state index contributed by atoms with van der Waals surface area (Å²) in [4.78, 5) is 27.5. The normalized spacial score (nSPS) is 18.2. The molecule has 1 saturated heterocycles. The first kappa shape index (κ1) is 24.4. The van der Waals surface area contributed by atoms with E-state index in [0.29, 0.717) is 18.2 Å². The lowest BCUT2D eigenvalue weighted by Crippen LogP contribution is -2.44. The number of fused-ring (bicyclic) bond motifs is 2. The molecule has 0 unspecified atom stereocenters. The van der Waals surface area contributed by atoms with Crippen LogP contribution in [0.2, 0.25) is 0 Å². The molecule has 0 bridgehead atoms. The monoisotopic (exact) mass is 513 g/mol. The van der Waals surface area contributed by atoms with E-state index in [0.717, 1.165) is 63.0 Å². The molecule has 3 aromatic rings. The summed E-state index contributed by atoms with van der Waals surface area (Å²) in [6, 6.07) is 14.0. The van der Waals surface area contributed by atoms with E-state index in [1.165, 1.54) is 17.3 Å². The van der Waals surface area contributed by atoms with E-state index in [1.54, 1.807) is 4.90 Å². The summed E-state index contributed by atoms with van der Waals surface area (Å²) >= 11 is 0. The Kier molecular flexibility index (Phi) is 6.23. The maximum atomic E-state index is 14.7. The van der Waals surface area contributed by atoms with Gasteiger partial charge in [-0.25, -0.2) is 9.37 Å². The van der Waals surface area contributed by atoms with Gasteiger partial charge in [-0.2, -0.15) is 4.98 Å². The van der Waals surface area contributed by atoms with Crippen LogP contribution >= 0.6 is 0 Å². The van der Waals surface area contributed by atoms with Crippen LogP contribution in [-0.4, -0.2) is 60.5 Å². The van der Waals surface area contributed by atoms with Gasteiger partial charge in [0.2, 0.25) is 11.9 Å². The highest BCUT2D eigenvalue weighted by Crippen LogP contribution is 2.53. The first-order chi connectivity index (χ1) is 18.4. The van der Waals surface area contributed by atoms with E-state index >= 15 is 0 Å². The number of aromatic nitrogens is 2. The summed E-state index contributed by atoms with van der Waals surface area (Å²) in [5.74, 6) is -0.324. The van der Waals surface area contributed by atoms with Crippen LogP contribution in [0.5, 0.6) is 0 Å². The smallest absolute Gasteiger partial charge is 0.250 e. The molecule has 3 heterocycles. The fourth-order valence-corrected chi connectivity index (χ4v) is 5.69. The molecule has 0 atom stereocenters. The first-order valence-corrected chi connectivity index (χ1v) is 13.1. The van der Waals surface area contributed by atoms with Crippen LogP contribution in [0, 0.1) is 5.82 Å². The molecule has 9 heteroatoms. The highest BCUT2D eigenvalue weighted by Gasteiger charge is 2.48. The van der Waals surface area contributed by atoms with Gasteiger partial charge in [0.15, 0.2) is 11.6 Å². The third-order valence-corrected chi connectivity index (χ3v) is 8.07. The number of halogens is 1. The number of rotatable bonds is 6. The minimum atomic E-state index is -0.559. The van der Waals surface area contributed by atoms with Crippen molar-refractivity contribution in [3.8, 4) is 0 Å². The molecule has 2 aromatic carbocycles. The number of nitrogens with one attached hydrogen (secondary N) is 2. The summed E-state index contributed by atoms with van der Waals surface area (Å²) in [6.07, 6.45) is 5.80. The molecular formula is C29H32FN7O. The van der Waals surface area contributed by atoms with Crippen LogP contribution in [0.25, 0.3) is 0 Å². The zero-order valence-corrected chi connectivity index (χ0v) is 21.6. The Morgan fingerprint density at radius 1 is 1.05 bits per heavy atom. The molecular weight excluding hydrogens is 481 g/mol. The van der Waals surface area contributed by atoms with Crippen molar-refractivity contribution in [2.45, 2.75) is 24.7 Å². The molecule has 1 saturated carbocycles. The zero-order chi connectivity index (χ0) is 26.3. The minimum Gasteiger partial charge on any atom is -0.369 e. The molecule has 2 fully saturated rings. The van der Waals surface area contributed by atoms with Crippen molar-refractivity contribution in [1.82, 2.24) is 14.9 Å². The summed E-state index contributed by atoms with van der Waals surface area (Å²) in [7, 11) is 2.14. The highest BCUT2D eigenvalue weighted by atomic mass is 19.1. The second-order valence-corrected chi connectivity index (χ2v) is 10.5. The van der Waals surface area contributed by atoms with E-state index in [2.05, 4.69) is 56.2 Å². The van der Waals surface area contributed by atoms with Crippen molar-refractivity contribution in [2.75, 3.05) is 60.2 Å². The summed E-state index contributed by atoms with van der Waals surface area (Å²) in [6.45, 7) is 8.43. The number of carbonyl (C=O) groups is 1. The molecule has 2 N–H and O–H groups in total. The Morgan fingerprint density at radius 2 is 1.79 bits per heavy atom. The van der Waals surface area contributed by atoms with E-state index in [9.17, 15) is 9.18 Å². The molecule has 8 nitrogen and oxygen atoms in total. The van der Waals surface area contributed by atoms with Gasteiger partial charge < -0.3 is 25.3 Å². The average molecular weight is 514 g/mol. The molecule has 1 aliphatic carbocycles. The van der Waals surface area contributed by atoms with Crippen molar-refractivity contribution in [3.63, 3.8) is 0 Å². The van der Waals surface area contributed by atoms with E-state index < -0.39 is 5.82 Å². The molecule has 0 radical (unpaired) electrons. The molecule has 196 valence electrons. The number of benzene rings is 2. The molecule has 2 aliphatic heterocycles. The summed E-state index contributed by atoms with van der Waals surface area (Å²) < 4.78 is 14.7. The number of hydrogen-bond donors (Lipinski definition) is 2. The fourth-order valence-electron chi connectivity index (χ4n) is 5.69. The van der Waals surface area contributed by atoms with Crippen LogP contribution in [0.1, 0.15) is 24.8 Å². The van der Waals surface area contributed by atoms with Crippen LogP contribution in [0.4, 0.5) is 38.9 Å². The molecule has 1 aromatic heterocycles. The van der Waals surface area contributed by atoms with Gasteiger partial charge in [-0.05, 0) is 67.9 Å². The standard InChI is InChI=1S/C29H32FN7O/c1-3-26(38)37-19-29(11-4-12-29)23-10-7-21(17-25(23)37)32-27-24(30)18-31-28(34-27)33-20-5-8-22(9-6-20)36-15-13-35(2)14-16-36/h3,5-10,17-18H,1,4,11-16,19H2,2H3,(H2,31,32,33,34). The third kappa shape index (κ3) is 4.47. The molecule has 1 amide bonds. The molecule has 1 spiro atoms. The molecule has 3 aliphatic rings. The largest absolute Gasteiger partial charge is 0.369 e. The van der Waals surface area contributed by atoms with Crippen molar-refractivity contribution < 1.29 is 9.18 Å². The average Bonchev–Trinajstić information content (AvgIpc) is 3.27. The van der Waals surface area contributed by atoms with Gasteiger partial charge in [-0.15, -0.1) is 0 Å². The summed E-state index contributed by atoms with van der Waals surface area (Å²) in [5.41, 5.74) is 4.71. The molecule has 6 rings (SSSR count). The van der Waals surface area contributed by atoms with E-state index in [4.69, 9.17) is 0 Å². The van der Waals surface area contributed by atoms with Crippen molar-refractivity contribution in [3.05, 3.63) is 72.7 Å². The number of likely N-dealkylation sites (N-methyl/N-ethyl adjacent to an activating group) is 1. The van der Waals surface area contributed by atoms with Crippen LogP contribution in [0.15, 0.2) is 61.3 Å². The topological polar surface area (TPSA) is 76.6 Å². The third-order valence-electron chi connectivity index (χ3n) is 8.07. The lowest BCUT2D eigenvalue weighted by Gasteiger charge is -2.38. The number of hydrogen-bond acceptors (Lipinski definition) is 7. The number of anilines is 6. The van der Waals surface area contributed by atoms with Gasteiger partial charge in [0.25, 0.3) is 0 Å². The van der Waals surface area contributed by atoms with Gasteiger partial charge >= 0.3 is 0 Å². The Hall–Kier alpha value is -3.98. The predicted molar refractivity (Wildman–Crippen MR) is 149 cm³/mol. The Bertz CT molecular complexity index is 1360. The maximum absolute atomic E-state index is 14.7. The first-order valence-electron chi connectivity index (χ1n) is 13.1. The van der Waals surface area contributed by atoms with Gasteiger partial charge in [-0.1, -0.05) is 19.1 Å². The van der Waals surface area contributed by atoms with Crippen molar-refractivity contribution in [1.29, 1.82) is 0 Å².